The van der Waals surface area contributed by atoms with Crippen LogP contribution >= 0.6 is 0 Å². The molecule has 0 atom stereocenters. The van der Waals surface area contributed by atoms with Crippen LogP contribution in [0, 0.1) is 6.92 Å². The summed E-state index contributed by atoms with van der Waals surface area (Å²) >= 11 is 0. The third-order valence-electron chi connectivity index (χ3n) is 2.34. The maximum Gasteiger partial charge on any atom is 0.0949 e. The van der Waals surface area contributed by atoms with Gasteiger partial charge in [-0.2, -0.15) is 5.10 Å². The fourth-order valence-corrected chi connectivity index (χ4v) is 1.52. The van der Waals surface area contributed by atoms with E-state index in [0.717, 1.165) is 18.8 Å². The molecule has 2 aromatic heterocycles. The topological polar surface area (TPSA) is 61.7 Å². The standard InChI is InChI=1S/C10H15N5/c1-9-5-13-15(7-9)3-2-14-8-12-6-10(14)4-11/h5-8H,2-4,11H2,1H3. The van der Waals surface area contributed by atoms with Crippen molar-refractivity contribution in [1.29, 1.82) is 0 Å². The summed E-state index contributed by atoms with van der Waals surface area (Å²) in [5, 5.41) is 4.22. The van der Waals surface area contributed by atoms with Crippen LogP contribution in [0.5, 0.6) is 0 Å². The van der Waals surface area contributed by atoms with Gasteiger partial charge in [-0.25, -0.2) is 4.98 Å². The molecule has 0 fully saturated rings. The zero-order chi connectivity index (χ0) is 10.7. The smallest absolute Gasteiger partial charge is 0.0949 e. The van der Waals surface area contributed by atoms with Crippen molar-refractivity contribution in [3.8, 4) is 0 Å². The van der Waals surface area contributed by atoms with Crippen LogP contribution in [-0.2, 0) is 19.6 Å². The number of aryl methyl sites for hydroxylation is 3. The second-order valence-corrected chi connectivity index (χ2v) is 3.56. The van der Waals surface area contributed by atoms with E-state index in [1.54, 1.807) is 12.5 Å². The molecule has 2 rings (SSSR count). The van der Waals surface area contributed by atoms with Crippen LogP contribution in [0.1, 0.15) is 11.3 Å². The lowest BCUT2D eigenvalue weighted by Crippen LogP contribution is -2.11. The maximum absolute atomic E-state index is 5.58. The first-order valence-electron chi connectivity index (χ1n) is 4.97. The van der Waals surface area contributed by atoms with Gasteiger partial charge in [-0.15, -0.1) is 0 Å². The molecule has 0 spiro atoms. The summed E-state index contributed by atoms with van der Waals surface area (Å²) in [7, 11) is 0. The number of rotatable bonds is 4. The molecule has 2 heterocycles. The van der Waals surface area contributed by atoms with Gasteiger partial charge in [0.1, 0.15) is 0 Å². The van der Waals surface area contributed by atoms with E-state index in [1.165, 1.54) is 5.56 Å². The van der Waals surface area contributed by atoms with Gasteiger partial charge in [0, 0.05) is 25.5 Å². The zero-order valence-corrected chi connectivity index (χ0v) is 8.80. The third-order valence-corrected chi connectivity index (χ3v) is 2.34. The van der Waals surface area contributed by atoms with E-state index in [-0.39, 0.29) is 0 Å². The molecule has 0 bridgehead atoms. The summed E-state index contributed by atoms with van der Waals surface area (Å²) in [6.45, 7) is 4.26. The van der Waals surface area contributed by atoms with Gasteiger partial charge in [-0.05, 0) is 12.5 Å². The Hall–Kier alpha value is -1.62. The summed E-state index contributed by atoms with van der Waals surface area (Å²) in [6.07, 6.45) is 7.49. The van der Waals surface area contributed by atoms with Crippen molar-refractivity contribution in [2.45, 2.75) is 26.6 Å². The van der Waals surface area contributed by atoms with Crippen LogP contribution in [-0.4, -0.2) is 19.3 Å². The van der Waals surface area contributed by atoms with E-state index >= 15 is 0 Å². The van der Waals surface area contributed by atoms with Gasteiger partial charge < -0.3 is 10.3 Å². The van der Waals surface area contributed by atoms with Gasteiger partial charge in [-0.1, -0.05) is 0 Å². The minimum Gasteiger partial charge on any atom is -0.332 e. The first kappa shape index (κ1) is 9.92. The molecule has 0 saturated heterocycles. The van der Waals surface area contributed by atoms with E-state index in [4.69, 9.17) is 5.73 Å². The number of hydrogen-bond donors (Lipinski definition) is 1. The molecule has 80 valence electrons. The Morgan fingerprint density at radius 1 is 1.33 bits per heavy atom. The molecule has 0 aromatic carbocycles. The first-order chi connectivity index (χ1) is 7.29. The Labute approximate surface area is 88.5 Å². The van der Waals surface area contributed by atoms with Crippen LogP contribution in [0.25, 0.3) is 0 Å². The highest BCUT2D eigenvalue weighted by atomic mass is 15.3. The number of nitrogens with two attached hydrogens (primary N) is 1. The van der Waals surface area contributed by atoms with Crippen molar-refractivity contribution < 1.29 is 0 Å². The highest BCUT2D eigenvalue weighted by Crippen LogP contribution is 2.00. The lowest BCUT2D eigenvalue weighted by molar-refractivity contribution is 0.522. The number of imidazole rings is 1. The van der Waals surface area contributed by atoms with Crippen molar-refractivity contribution in [2.75, 3.05) is 0 Å². The SMILES string of the molecule is Cc1cnn(CCn2cncc2CN)c1. The molecule has 5 heteroatoms. The monoisotopic (exact) mass is 205 g/mol. The lowest BCUT2D eigenvalue weighted by Gasteiger charge is -2.06. The summed E-state index contributed by atoms with van der Waals surface area (Å²) < 4.78 is 3.98. The molecule has 0 amide bonds. The average Bonchev–Trinajstić information content (AvgIpc) is 2.83. The summed E-state index contributed by atoms with van der Waals surface area (Å²) in [4.78, 5) is 4.06. The molecule has 0 aliphatic carbocycles. The Balaban J connectivity index is 1.98. The molecule has 15 heavy (non-hydrogen) atoms. The van der Waals surface area contributed by atoms with Gasteiger partial charge in [0.15, 0.2) is 0 Å². The van der Waals surface area contributed by atoms with Crippen molar-refractivity contribution in [1.82, 2.24) is 19.3 Å². The van der Waals surface area contributed by atoms with Crippen LogP contribution in [0.4, 0.5) is 0 Å². The van der Waals surface area contributed by atoms with Crippen LogP contribution in [0.3, 0.4) is 0 Å². The highest BCUT2D eigenvalue weighted by molar-refractivity contribution is 5.00. The molecule has 0 aliphatic heterocycles. The van der Waals surface area contributed by atoms with Crippen molar-refractivity contribution in [2.24, 2.45) is 5.73 Å². The summed E-state index contributed by atoms with van der Waals surface area (Å²) in [6, 6.07) is 0. The van der Waals surface area contributed by atoms with Crippen LogP contribution in [0.2, 0.25) is 0 Å². The lowest BCUT2D eigenvalue weighted by atomic mass is 10.4. The molecule has 2 aromatic rings. The molecular weight excluding hydrogens is 190 g/mol. The second kappa shape index (κ2) is 4.27. The second-order valence-electron chi connectivity index (χ2n) is 3.56. The van der Waals surface area contributed by atoms with Crippen molar-refractivity contribution in [3.05, 3.63) is 36.2 Å². The molecule has 0 saturated carbocycles. The Kier molecular flexibility index (Phi) is 2.82. The first-order valence-corrected chi connectivity index (χ1v) is 4.97. The molecule has 0 unspecified atom stereocenters. The van der Waals surface area contributed by atoms with E-state index in [1.807, 2.05) is 24.0 Å². The number of hydrogen-bond acceptors (Lipinski definition) is 3. The van der Waals surface area contributed by atoms with Crippen molar-refractivity contribution in [3.63, 3.8) is 0 Å². The molecule has 0 radical (unpaired) electrons. The fourth-order valence-electron chi connectivity index (χ4n) is 1.52. The van der Waals surface area contributed by atoms with Gasteiger partial charge in [-0.3, -0.25) is 4.68 Å². The van der Waals surface area contributed by atoms with E-state index in [9.17, 15) is 0 Å². The predicted octanol–water partition coefficient (Wildman–Crippen LogP) is 0.547. The average molecular weight is 205 g/mol. The zero-order valence-electron chi connectivity index (χ0n) is 8.80. The van der Waals surface area contributed by atoms with Gasteiger partial charge in [0.2, 0.25) is 0 Å². The maximum atomic E-state index is 5.58. The molecule has 5 nitrogen and oxygen atoms in total. The Morgan fingerprint density at radius 3 is 2.87 bits per heavy atom. The number of aromatic nitrogens is 4. The number of nitrogens with zero attached hydrogens (tertiary/aromatic N) is 4. The predicted molar refractivity (Wildman–Crippen MR) is 57.1 cm³/mol. The van der Waals surface area contributed by atoms with Gasteiger partial charge >= 0.3 is 0 Å². The quantitative estimate of drug-likeness (QED) is 0.792. The highest BCUT2D eigenvalue weighted by Gasteiger charge is 2.00. The third kappa shape index (κ3) is 2.24. The largest absolute Gasteiger partial charge is 0.332 e. The fraction of sp³-hybridized carbons (Fsp3) is 0.400. The molecule has 2 N–H and O–H groups in total. The van der Waals surface area contributed by atoms with Gasteiger partial charge in [0.25, 0.3) is 0 Å². The molecule has 0 aliphatic rings. The Bertz CT molecular complexity index is 428. The van der Waals surface area contributed by atoms with E-state index in [2.05, 4.69) is 14.6 Å². The van der Waals surface area contributed by atoms with Crippen molar-refractivity contribution >= 4 is 0 Å². The summed E-state index contributed by atoms with van der Waals surface area (Å²) in [5.41, 5.74) is 7.82. The normalized spacial score (nSPS) is 10.8. The van der Waals surface area contributed by atoms with E-state index < -0.39 is 0 Å². The minimum atomic E-state index is 0.526. The summed E-state index contributed by atoms with van der Waals surface area (Å²) in [5.74, 6) is 0. The molecular formula is C10H15N5. The van der Waals surface area contributed by atoms with E-state index in [0.29, 0.717) is 6.54 Å². The van der Waals surface area contributed by atoms with Crippen LogP contribution in [0.15, 0.2) is 24.9 Å². The van der Waals surface area contributed by atoms with Gasteiger partial charge in [0.05, 0.1) is 24.8 Å². The minimum absolute atomic E-state index is 0.526. The van der Waals surface area contributed by atoms with Crippen LogP contribution < -0.4 is 5.73 Å². The Morgan fingerprint density at radius 2 is 2.20 bits per heavy atom.